The number of ether oxygens (including phenoxy) is 2. The molecular formula is C45H79O13P. The highest BCUT2D eigenvalue weighted by Crippen LogP contribution is 2.47. The summed E-state index contributed by atoms with van der Waals surface area (Å²) in [4.78, 5) is 35.6. The largest absolute Gasteiger partial charge is 0.472 e. The number of hydrogen-bond donors (Lipinski definition) is 6. The van der Waals surface area contributed by atoms with E-state index in [0.717, 1.165) is 109 Å². The molecule has 14 heteroatoms. The predicted octanol–water partition coefficient (Wildman–Crippen LogP) is 8.39. The number of phosphoric ester groups is 1. The lowest BCUT2D eigenvalue weighted by molar-refractivity contribution is -0.220. The minimum Gasteiger partial charge on any atom is -0.462 e. The van der Waals surface area contributed by atoms with Crippen molar-refractivity contribution in [2.45, 2.75) is 211 Å². The molecule has 0 amide bonds. The summed E-state index contributed by atoms with van der Waals surface area (Å²) in [6.07, 6.45) is 27.3. The summed E-state index contributed by atoms with van der Waals surface area (Å²) in [6.45, 7) is 3.18. The highest BCUT2D eigenvalue weighted by Gasteiger charge is 2.51. The summed E-state index contributed by atoms with van der Waals surface area (Å²) < 4.78 is 33.5. The van der Waals surface area contributed by atoms with Gasteiger partial charge in [0.15, 0.2) is 6.10 Å². The Bertz CT molecular complexity index is 1220. The maximum Gasteiger partial charge on any atom is 0.472 e. The van der Waals surface area contributed by atoms with E-state index in [9.17, 15) is 44.6 Å². The van der Waals surface area contributed by atoms with Gasteiger partial charge in [-0.1, -0.05) is 133 Å². The molecule has 1 fully saturated rings. The lowest BCUT2D eigenvalue weighted by Gasteiger charge is -2.41. The van der Waals surface area contributed by atoms with Crippen LogP contribution in [0.5, 0.6) is 0 Å². The summed E-state index contributed by atoms with van der Waals surface area (Å²) >= 11 is 0. The predicted molar refractivity (Wildman–Crippen MR) is 230 cm³/mol. The van der Waals surface area contributed by atoms with Gasteiger partial charge in [-0.3, -0.25) is 18.6 Å². The van der Waals surface area contributed by atoms with Crippen molar-refractivity contribution in [1.82, 2.24) is 0 Å². The SMILES string of the molecule is CCC/C=C\C/C=C\CCCCCCCC(=O)OCC(COP(=O)(O)OC1C(O)C(O)C(O)C(O)C1O)OC(=O)CCCCCCCCC/C=C\C/C=C\CCCCC. The van der Waals surface area contributed by atoms with Crippen molar-refractivity contribution < 1.29 is 63.1 Å². The van der Waals surface area contributed by atoms with Crippen molar-refractivity contribution in [2.24, 2.45) is 0 Å². The Morgan fingerprint density at radius 2 is 0.949 bits per heavy atom. The number of allylic oxidation sites excluding steroid dienone is 8. The smallest absolute Gasteiger partial charge is 0.462 e. The first-order valence-electron chi connectivity index (χ1n) is 22.4. The highest BCUT2D eigenvalue weighted by molar-refractivity contribution is 7.47. The van der Waals surface area contributed by atoms with E-state index >= 15 is 0 Å². The van der Waals surface area contributed by atoms with Crippen molar-refractivity contribution in [3.63, 3.8) is 0 Å². The van der Waals surface area contributed by atoms with E-state index in [2.05, 4.69) is 62.5 Å². The lowest BCUT2D eigenvalue weighted by Crippen LogP contribution is -2.64. The molecule has 6 unspecified atom stereocenters. The Morgan fingerprint density at radius 1 is 0.525 bits per heavy atom. The molecule has 0 heterocycles. The van der Waals surface area contributed by atoms with Crippen LogP contribution in [0.3, 0.4) is 0 Å². The number of carbonyl (C=O) groups is 2. The van der Waals surface area contributed by atoms with Gasteiger partial charge >= 0.3 is 19.8 Å². The molecule has 0 aromatic heterocycles. The first kappa shape index (κ1) is 54.8. The van der Waals surface area contributed by atoms with E-state index in [1.54, 1.807) is 0 Å². The molecule has 0 aromatic rings. The molecule has 13 nitrogen and oxygen atoms in total. The number of hydrogen-bond acceptors (Lipinski definition) is 12. The zero-order valence-electron chi connectivity index (χ0n) is 36.0. The molecule has 59 heavy (non-hydrogen) atoms. The second-order valence-corrected chi connectivity index (χ2v) is 16.9. The maximum atomic E-state index is 12.8. The summed E-state index contributed by atoms with van der Waals surface area (Å²) in [7, 11) is -5.12. The van der Waals surface area contributed by atoms with Gasteiger partial charge in [0.1, 0.15) is 43.2 Å². The van der Waals surface area contributed by atoms with Crippen molar-refractivity contribution in [3.8, 4) is 0 Å². The first-order valence-corrected chi connectivity index (χ1v) is 23.9. The molecule has 342 valence electrons. The third-order valence-electron chi connectivity index (χ3n) is 10.1. The molecule has 1 aliphatic rings. The Hall–Kier alpha value is -2.19. The Labute approximate surface area is 354 Å². The summed E-state index contributed by atoms with van der Waals surface area (Å²) in [5, 5.41) is 50.1. The monoisotopic (exact) mass is 859 g/mol. The number of esters is 2. The van der Waals surface area contributed by atoms with Crippen LogP contribution in [0, 0.1) is 0 Å². The summed E-state index contributed by atoms with van der Waals surface area (Å²) in [5.74, 6) is -1.13. The third-order valence-corrected chi connectivity index (χ3v) is 11.1. The van der Waals surface area contributed by atoms with Gasteiger partial charge in [0.05, 0.1) is 6.61 Å². The van der Waals surface area contributed by atoms with Crippen molar-refractivity contribution in [1.29, 1.82) is 0 Å². The molecule has 0 aromatic carbocycles. The molecule has 0 aliphatic heterocycles. The van der Waals surface area contributed by atoms with Crippen LogP contribution in [0.25, 0.3) is 0 Å². The van der Waals surface area contributed by atoms with Crippen LogP contribution in [-0.2, 0) is 32.7 Å². The molecular weight excluding hydrogens is 779 g/mol. The van der Waals surface area contributed by atoms with Crippen LogP contribution in [0.4, 0.5) is 0 Å². The number of aliphatic hydroxyl groups is 5. The first-order chi connectivity index (χ1) is 28.4. The van der Waals surface area contributed by atoms with Gasteiger partial charge in [0.25, 0.3) is 0 Å². The summed E-state index contributed by atoms with van der Waals surface area (Å²) in [6, 6.07) is 0. The van der Waals surface area contributed by atoms with Crippen LogP contribution in [0.2, 0.25) is 0 Å². The molecule has 1 aliphatic carbocycles. The van der Waals surface area contributed by atoms with E-state index in [4.69, 9.17) is 18.5 Å². The van der Waals surface area contributed by atoms with Crippen LogP contribution in [0.15, 0.2) is 48.6 Å². The Morgan fingerprint density at radius 3 is 1.44 bits per heavy atom. The second kappa shape index (κ2) is 35.4. The number of unbranched alkanes of at least 4 members (excludes halogenated alkanes) is 16. The Balaban J connectivity index is 2.49. The molecule has 0 spiro atoms. The van der Waals surface area contributed by atoms with Crippen molar-refractivity contribution >= 4 is 19.8 Å². The van der Waals surface area contributed by atoms with Gasteiger partial charge in [0.2, 0.25) is 0 Å². The lowest BCUT2D eigenvalue weighted by atomic mass is 9.85. The summed E-state index contributed by atoms with van der Waals surface area (Å²) in [5.41, 5.74) is 0. The van der Waals surface area contributed by atoms with Crippen LogP contribution in [0.1, 0.15) is 168 Å². The van der Waals surface area contributed by atoms with E-state index in [0.29, 0.717) is 12.8 Å². The van der Waals surface area contributed by atoms with E-state index in [1.807, 2.05) is 0 Å². The Kier molecular flexibility index (Phi) is 32.9. The topological polar surface area (TPSA) is 210 Å². The van der Waals surface area contributed by atoms with Gasteiger partial charge in [0, 0.05) is 12.8 Å². The zero-order chi connectivity index (χ0) is 43.6. The maximum absolute atomic E-state index is 12.8. The van der Waals surface area contributed by atoms with Gasteiger partial charge in [-0.05, 0) is 70.6 Å². The van der Waals surface area contributed by atoms with E-state index in [-0.39, 0.29) is 12.8 Å². The zero-order valence-corrected chi connectivity index (χ0v) is 36.9. The molecule has 6 N–H and O–H groups in total. The van der Waals surface area contributed by atoms with Crippen molar-refractivity contribution in [3.05, 3.63) is 48.6 Å². The molecule has 1 rings (SSSR count). The fraction of sp³-hybridized carbons (Fsp3) is 0.778. The molecule has 0 radical (unpaired) electrons. The van der Waals surface area contributed by atoms with Gasteiger partial charge in [-0.25, -0.2) is 4.57 Å². The second-order valence-electron chi connectivity index (χ2n) is 15.5. The van der Waals surface area contributed by atoms with Gasteiger partial charge < -0.3 is 39.9 Å². The number of carbonyl (C=O) groups excluding carboxylic acids is 2. The highest BCUT2D eigenvalue weighted by atomic mass is 31.2. The molecule has 0 bridgehead atoms. The number of phosphoric acid groups is 1. The number of rotatable bonds is 36. The minimum atomic E-state index is -5.12. The van der Waals surface area contributed by atoms with Crippen molar-refractivity contribution in [2.75, 3.05) is 13.2 Å². The quantitative estimate of drug-likeness (QED) is 0.0152. The van der Waals surface area contributed by atoms with Crippen LogP contribution >= 0.6 is 7.82 Å². The fourth-order valence-corrected chi connectivity index (χ4v) is 7.44. The van der Waals surface area contributed by atoms with Gasteiger partial charge in [-0.2, -0.15) is 0 Å². The average molecular weight is 859 g/mol. The molecule has 0 saturated heterocycles. The van der Waals surface area contributed by atoms with E-state index in [1.165, 1.54) is 19.3 Å². The minimum absolute atomic E-state index is 0.0833. The standard InChI is InChI=1S/C45H79O13P/c1-3-5-7-9-11-13-15-17-18-19-20-22-24-26-28-30-32-34-39(47)57-37(36-56-59(53,54)58-45-43(51)41(49)40(48)42(50)44(45)52)35-55-38(46)33-31-29-27-25-23-21-16-14-12-10-8-6-4-2/h8,10-11,13-14,16-18,37,40-45,48-52H,3-7,9,12,15,19-36H2,1-2H3,(H,53,54)/b10-8-,13-11-,16-14-,18-17-. The van der Waals surface area contributed by atoms with Crippen LogP contribution in [-0.4, -0.2) is 98.3 Å². The number of aliphatic hydroxyl groups excluding tert-OH is 5. The molecule has 6 atom stereocenters. The normalized spacial score (nSPS) is 22.8. The third kappa shape index (κ3) is 28.1. The van der Waals surface area contributed by atoms with Crippen LogP contribution < -0.4 is 0 Å². The fourth-order valence-electron chi connectivity index (χ4n) is 6.47. The van der Waals surface area contributed by atoms with E-state index < -0.39 is 75.7 Å². The molecule has 1 saturated carbocycles. The average Bonchev–Trinajstić information content (AvgIpc) is 3.21. The van der Waals surface area contributed by atoms with Gasteiger partial charge in [-0.15, -0.1) is 0 Å².